The van der Waals surface area contributed by atoms with E-state index >= 15 is 0 Å². The van der Waals surface area contributed by atoms with Crippen molar-refractivity contribution in [1.82, 2.24) is 10.6 Å². The van der Waals surface area contributed by atoms with Gasteiger partial charge >= 0.3 is 5.97 Å². The van der Waals surface area contributed by atoms with E-state index in [-0.39, 0.29) is 5.92 Å². The second kappa shape index (κ2) is 9.80. The number of hydrogen-bond acceptors (Lipinski definition) is 6. The Bertz CT molecular complexity index is 861. The van der Waals surface area contributed by atoms with Crippen LogP contribution in [0.2, 0.25) is 0 Å². The summed E-state index contributed by atoms with van der Waals surface area (Å²) in [4.78, 5) is 48.9. The van der Waals surface area contributed by atoms with Gasteiger partial charge in [-0.3, -0.25) is 19.7 Å². The molecule has 2 rings (SSSR count). The smallest absolute Gasteiger partial charge is 0.329 e. The largest absolute Gasteiger partial charge is 0.454 e. The third-order valence-corrected chi connectivity index (χ3v) is 4.81. The summed E-state index contributed by atoms with van der Waals surface area (Å²) < 4.78 is 5.00. The maximum Gasteiger partial charge on any atom is 0.329 e. The van der Waals surface area contributed by atoms with Gasteiger partial charge in [-0.1, -0.05) is 38.1 Å². The van der Waals surface area contributed by atoms with E-state index in [0.29, 0.717) is 10.4 Å². The molecule has 3 amide bonds. The summed E-state index contributed by atoms with van der Waals surface area (Å²) in [5.41, 5.74) is 1.24. The number of thiophene rings is 1. The maximum absolute atomic E-state index is 12.5. The lowest BCUT2D eigenvalue weighted by molar-refractivity contribution is -0.151. The zero-order valence-corrected chi connectivity index (χ0v) is 16.7. The molecule has 0 bridgehead atoms. The average Bonchev–Trinajstić information content (AvgIpc) is 3.19. The first-order valence-corrected chi connectivity index (χ1v) is 9.58. The molecule has 1 aromatic heterocycles. The van der Waals surface area contributed by atoms with Crippen molar-refractivity contribution in [3.63, 3.8) is 0 Å². The number of hydrogen-bond donors (Lipinski definition) is 2. The Hall–Kier alpha value is -3.00. The maximum atomic E-state index is 12.5. The van der Waals surface area contributed by atoms with E-state index in [4.69, 9.17) is 4.74 Å². The number of imide groups is 1. The van der Waals surface area contributed by atoms with Gasteiger partial charge in [-0.25, -0.2) is 4.79 Å². The fourth-order valence-corrected chi connectivity index (χ4v) is 3.02. The number of rotatable bonds is 7. The Morgan fingerprint density at radius 3 is 2.36 bits per heavy atom. The predicted molar refractivity (Wildman–Crippen MR) is 105 cm³/mol. The second-order valence-electron chi connectivity index (χ2n) is 6.47. The van der Waals surface area contributed by atoms with Crippen molar-refractivity contribution in [3.8, 4) is 0 Å². The first-order valence-electron chi connectivity index (χ1n) is 8.70. The summed E-state index contributed by atoms with van der Waals surface area (Å²) >= 11 is 1.19. The molecule has 1 heterocycles. The topological polar surface area (TPSA) is 102 Å². The fourth-order valence-electron chi connectivity index (χ4n) is 2.40. The van der Waals surface area contributed by atoms with Gasteiger partial charge in [-0.2, -0.15) is 0 Å². The van der Waals surface area contributed by atoms with E-state index in [1.807, 2.05) is 6.07 Å². The first kappa shape index (κ1) is 21.3. The van der Waals surface area contributed by atoms with Crippen LogP contribution < -0.4 is 10.6 Å². The number of ether oxygens (including phenoxy) is 1. The number of nitrogens with one attached hydrogen (secondary N) is 2. The third kappa shape index (κ3) is 5.75. The number of benzene rings is 1. The van der Waals surface area contributed by atoms with Crippen LogP contribution in [0.3, 0.4) is 0 Å². The van der Waals surface area contributed by atoms with Crippen LogP contribution in [0, 0.1) is 12.8 Å². The first-order chi connectivity index (χ1) is 13.3. The van der Waals surface area contributed by atoms with Crippen LogP contribution in [0.1, 0.15) is 39.4 Å². The molecule has 148 valence electrons. The minimum atomic E-state index is -0.923. The minimum Gasteiger partial charge on any atom is -0.454 e. The Balaban J connectivity index is 1.92. The molecule has 0 fully saturated rings. The van der Waals surface area contributed by atoms with E-state index < -0.39 is 36.3 Å². The molecule has 2 N–H and O–H groups in total. The number of aryl methyl sites for hydroxylation is 1. The molecule has 0 aliphatic heterocycles. The van der Waals surface area contributed by atoms with Crippen molar-refractivity contribution in [2.45, 2.75) is 26.8 Å². The van der Waals surface area contributed by atoms with Gasteiger partial charge in [0.2, 0.25) is 0 Å². The molecule has 0 aliphatic rings. The molecular formula is C20H22N2O5S. The van der Waals surface area contributed by atoms with Crippen LogP contribution in [-0.2, 0) is 14.3 Å². The van der Waals surface area contributed by atoms with Crippen molar-refractivity contribution in [2.24, 2.45) is 5.92 Å². The highest BCUT2D eigenvalue weighted by molar-refractivity contribution is 7.12. The van der Waals surface area contributed by atoms with Gasteiger partial charge in [0.05, 0.1) is 4.88 Å². The summed E-state index contributed by atoms with van der Waals surface area (Å²) in [5.74, 6) is -2.68. The molecular weight excluding hydrogens is 380 g/mol. The Labute approximate surface area is 167 Å². The Kier molecular flexibility index (Phi) is 7.45. The van der Waals surface area contributed by atoms with Crippen molar-refractivity contribution in [3.05, 3.63) is 57.8 Å². The number of amides is 3. The average molecular weight is 402 g/mol. The summed E-state index contributed by atoms with van der Waals surface area (Å²) in [6.07, 6.45) is 0. The summed E-state index contributed by atoms with van der Waals surface area (Å²) in [7, 11) is 0. The summed E-state index contributed by atoms with van der Waals surface area (Å²) in [6, 6.07) is 9.36. The molecule has 0 saturated carbocycles. The van der Waals surface area contributed by atoms with Gasteiger partial charge < -0.3 is 10.1 Å². The number of esters is 1. The fraction of sp³-hybridized carbons (Fsp3) is 0.300. The lowest BCUT2D eigenvalue weighted by Crippen LogP contribution is -2.46. The quantitative estimate of drug-likeness (QED) is 0.692. The van der Waals surface area contributed by atoms with Crippen LogP contribution >= 0.6 is 11.3 Å². The van der Waals surface area contributed by atoms with E-state index in [2.05, 4.69) is 10.6 Å². The number of carbonyl (C=O) groups excluding carboxylic acids is 4. The van der Waals surface area contributed by atoms with Crippen molar-refractivity contribution < 1.29 is 23.9 Å². The standard InChI is InChI=1S/C20H22N2O5S/c1-12(2)17(22-18(24)14-8-5-4-7-13(14)3)20(26)27-11-16(23)21-19(25)15-9-6-10-28-15/h4-10,12,17H,11H2,1-3H3,(H,22,24)(H,21,23,25)/t17-/m0/s1. The molecule has 28 heavy (non-hydrogen) atoms. The van der Waals surface area contributed by atoms with E-state index in [9.17, 15) is 19.2 Å². The van der Waals surface area contributed by atoms with Gasteiger partial charge in [0.25, 0.3) is 17.7 Å². The second-order valence-corrected chi connectivity index (χ2v) is 7.42. The zero-order chi connectivity index (χ0) is 20.7. The van der Waals surface area contributed by atoms with Crippen LogP contribution in [0.15, 0.2) is 41.8 Å². The monoisotopic (exact) mass is 402 g/mol. The van der Waals surface area contributed by atoms with Crippen LogP contribution in [-0.4, -0.2) is 36.3 Å². The molecule has 8 heteroatoms. The van der Waals surface area contributed by atoms with Gasteiger partial charge in [-0.05, 0) is 35.9 Å². The molecule has 0 saturated heterocycles. The van der Waals surface area contributed by atoms with Crippen LogP contribution in [0.5, 0.6) is 0 Å². The van der Waals surface area contributed by atoms with Crippen molar-refractivity contribution in [2.75, 3.05) is 6.61 Å². The summed E-state index contributed by atoms with van der Waals surface area (Å²) in [5, 5.41) is 6.51. The molecule has 0 unspecified atom stereocenters. The van der Waals surface area contributed by atoms with Gasteiger partial charge in [0, 0.05) is 5.56 Å². The SMILES string of the molecule is Cc1ccccc1C(=O)N[C@H](C(=O)OCC(=O)NC(=O)c1cccs1)C(C)C. The lowest BCUT2D eigenvalue weighted by Gasteiger charge is -2.21. The zero-order valence-electron chi connectivity index (χ0n) is 15.9. The van der Waals surface area contributed by atoms with E-state index in [1.165, 1.54) is 11.3 Å². The predicted octanol–water partition coefficient (Wildman–Crippen LogP) is 2.31. The van der Waals surface area contributed by atoms with Gasteiger partial charge in [0.15, 0.2) is 6.61 Å². The Morgan fingerprint density at radius 2 is 1.75 bits per heavy atom. The van der Waals surface area contributed by atoms with Crippen LogP contribution in [0.4, 0.5) is 0 Å². The Morgan fingerprint density at radius 1 is 1.04 bits per heavy atom. The highest BCUT2D eigenvalue weighted by Crippen LogP contribution is 2.10. The number of carbonyl (C=O) groups is 4. The van der Waals surface area contributed by atoms with E-state index in [0.717, 1.165) is 5.56 Å². The molecule has 0 spiro atoms. The molecule has 1 atom stereocenters. The van der Waals surface area contributed by atoms with Gasteiger partial charge in [0.1, 0.15) is 6.04 Å². The van der Waals surface area contributed by atoms with Crippen LogP contribution in [0.25, 0.3) is 0 Å². The highest BCUT2D eigenvalue weighted by Gasteiger charge is 2.27. The van der Waals surface area contributed by atoms with Gasteiger partial charge in [-0.15, -0.1) is 11.3 Å². The molecule has 0 radical (unpaired) electrons. The highest BCUT2D eigenvalue weighted by atomic mass is 32.1. The van der Waals surface area contributed by atoms with Crippen molar-refractivity contribution in [1.29, 1.82) is 0 Å². The van der Waals surface area contributed by atoms with E-state index in [1.54, 1.807) is 56.5 Å². The molecule has 0 aliphatic carbocycles. The molecule has 2 aromatic rings. The van der Waals surface area contributed by atoms with Crippen molar-refractivity contribution >= 4 is 35.0 Å². The molecule has 1 aromatic carbocycles. The molecule has 7 nitrogen and oxygen atoms in total. The normalized spacial score (nSPS) is 11.6. The third-order valence-electron chi connectivity index (χ3n) is 3.94. The minimum absolute atomic E-state index is 0.253. The lowest BCUT2D eigenvalue weighted by atomic mass is 10.0. The summed E-state index contributed by atoms with van der Waals surface area (Å²) in [6.45, 7) is 4.70.